The van der Waals surface area contributed by atoms with Crippen molar-refractivity contribution in [3.63, 3.8) is 0 Å². The normalized spacial score (nSPS) is 13.3. The average molecular weight is 293 g/mol. The van der Waals surface area contributed by atoms with E-state index < -0.39 is 11.9 Å². The first kappa shape index (κ1) is 16.9. The van der Waals surface area contributed by atoms with E-state index in [1.165, 1.54) is 0 Å². The number of amides is 1. The Morgan fingerprint density at radius 1 is 1.33 bits per heavy atom. The van der Waals surface area contributed by atoms with Gasteiger partial charge in [-0.1, -0.05) is 0 Å². The summed E-state index contributed by atoms with van der Waals surface area (Å²) in [4.78, 5) is 29.0. The van der Waals surface area contributed by atoms with Crippen molar-refractivity contribution >= 4 is 17.6 Å². The van der Waals surface area contributed by atoms with Crippen LogP contribution < -0.4 is 5.32 Å². The number of hydrogen-bond donors (Lipinski definition) is 2. The Bertz CT molecular complexity index is 501. The number of aliphatic carboxylic acids is 1. The van der Waals surface area contributed by atoms with Crippen LogP contribution in [-0.4, -0.2) is 46.0 Å². The predicted molar refractivity (Wildman–Crippen MR) is 81.4 cm³/mol. The Kier molecular flexibility index (Phi) is 6.14. The van der Waals surface area contributed by atoms with E-state index in [1.54, 1.807) is 37.1 Å². The molecule has 0 saturated heterocycles. The maximum absolute atomic E-state index is 12.2. The van der Waals surface area contributed by atoms with Crippen molar-refractivity contribution in [3.05, 3.63) is 24.0 Å². The molecular weight excluding hydrogens is 270 g/mol. The lowest BCUT2D eigenvalue weighted by atomic mass is 10.0. The Morgan fingerprint density at radius 2 is 1.95 bits per heavy atom. The summed E-state index contributed by atoms with van der Waals surface area (Å²) in [5, 5.41) is 12.1. The second kappa shape index (κ2) is 7.61. The molecular formula is C15H23N3O3. The van der Waals surface area contributed by atoms with E-state index in [9.17, 15) is 9.59 Å². The van der Waals surface area contributed by atoms with Crippen molar-refractivity contribution in [2.24, 2.45) is 5.92 Å². The number of aromatic nitrogens is 1. The molecule has 0 bridgehead atoms. The van der Waals surface area contributed by atoms with Gasteiger partial charge < -0.3 is 15.3 Å². The summed E-state index contributed by atoms with van der Waals surface area (Å²) in [7, 11) is 0. The fraction of sp³-hybridized carbons (Fsp3) is 0.533. The standard InChI is InChI=1S/C15H23N3O3/c1-5-18(6-2)14(19)13-9-12(7-8-16-13)17-11(4)10(3)15(20)21/h7-11H,5-6H2,1-4H3,(H,16,17)(H,20,21). The number of rotatable bonds is 7. The van der Waals surface area contributed by atoms with Crippen LogP contribution in [0.4, 0.5) is 5.69 Å². The lowest BCUT2D eigenvalue weighted by Gasteiger charge is -2.20. The molecule has 0 aliphatic heterocycles. The zero-order chi connectivity index (χ0) is 16.0. The molecule has 1 amide bonds. The zero-order valence-electron chi connectivity index (χ0n) is 13.0. The highest BCUT2D eigenvalue weighted by atomic mass is 16.4. The second-order valence-electron chi connectivity index (χ2n) is 4.97. The van der Waals surface area contributed by atoms with Crippen LogP contribution in [0, 0.1) is 5.92 Å². The quantitative estimate of drug-likeness (QED) is 0.804. The van der Waals surface area contributed by atoms with Crippen LogP contribution in [0.5, 0.6) is 0 Å². The fourth-order valence-corrected chi connectivity index (χ4v) is 1.91. The largest absolute Gasteiger partial charge is 0.481 e. The molecule has 6 nitrogen and oxygen atoms in total. The van der Waals surface area contributed by atoms with Gasteiger partial charge in [0, 0.05) is 31.0 Å². The fourth-order valence-electron chi connectivity index (χ4n) is 1.91. The molecule has 0 aliphatic rings. The predicted octanol–water partition coefficient (Wildman–Crippen LogP) is 2.08. The van der Waals surface area contributed by atoms with Gasteiger partial charge in [-0.3, -0.25) is 14.6 Å². The molecule has 0 radical (unpaired) electrons. The van der Waals surface area contributed by atoms with E-state index in [4.69, 9.17) is 5.11 Å². The number of hydrogen-bond acceptors (Lipinski definition) is 4. The monoisotopic (exact) mass is 293 g/mol. The van der Waals surface area contributed by atoms with Gasteiger partial charge in [-0.2, -0.15) is 0 Å². The molecule has 116 valence electrons. The number of carbonyl (C=O) groups is 2. The molecule has 6 heteroatoms. The molecule has 1 rings (SSSR count). The molecule has 0 spiro atoms. The number of carboxylic acid groups (broad SMARTS) is 1. The molecule has 1 aromatic rings. The minimum atomic E-state index is -0.858. The third kappa shape index (κ3) is 4.44. The highest BCUT2D eigenvalue weighted by Gasteiger charge is 2.20. The topological polar surface area (TPSA) is 82.5 Å². The van der Waals surface area contributed by atoms with E-state index in [0.717, 1.165) is 0 Å². The maximum Gasteiger partial charge on any atom is 0.308 e. The van der Waals surface area contributed by atoms with E-state index in [-0.39, 0.29) is 11.9 Å². The van der Waals surface area contributed by atoms with E-state index in [1.807, 2.05) is 13.8 Å². The van der Waals surface area contributed by atoms with E-state index in [2.05, 4.69) is 10.3 Å². The van der Waals surface area contributed by atoms with Crippen LogP contribution in [0.2, 0.25) is 0 Å². The minimum Gasteiger partial charge on any atom is -0.481 e. The Morgan fingerprint density at radius 3 is 2.48 bits per heavy atom. The molecule has 21 heavy (non-hydrogen) atoms. The van der Waals surface area contributed by atoms with E-state index >= 15 is 0 Å². The van der Waals surface area contributed by atoms with Gasteiger partial charge in [-0.25, -0.2) is 0 Å². The van der Waals surface area contributed by atoms with Crippen LogP contribution in [0.15, 0.2) is 18.3 Å². The molecule has 0 aromatic carbocycles. The summed E-state index contributed by atoms with van der Waals surface area (Å²) >= 11 is 0. The Balaban J connectivity index is 2.86. The lowest BCUT2D eigenvalue weighted by molar-refractivity contribution is -0.141. The number of pyridine rings is 1. The summed E-state index contributed by atoms with van der Waals surface area (Å²) in [6.07, 6.45) is 1.55. The highest BCUT2D eigenvalue weighted by molar-refractivity contribution is 5.93. The first-order valence-electron chi connectivity index (χ1n) is 7.15. The summed E-state index contributed by atoms with van der Waals surface area (Å²) in [5.41, 5.74) is 1.06. The molecule has 2 unspecified atom stereocenters. The third-order valence-electron chi connectivity index (χ3n) is 3.56. The van der Waals surface area contributed by atoms with Crippen molar-refractivity contribution in [2.45, 2.75) is 33.7 Å². The molecule has 2 N–H and O–H groups in total. The molecule has 1 heterocycles. The molecule has 0 saturated carbocycles. The van der Waals surface area contributed by atoms with Crippen LogP contribution in [-0.2, 0) is 4.79 Å². The van der Waals surface area contributed by atoms with Crippen molar-refractivity contribution in [3.8, 4) is 0 Å². The minimum absolute atomic E-state index is 0.123. The number of carboxylic acids is 1. The third-order valence-corrected chi connectivity index (χ3v) is 3.56. The van der Waals surface area contributed by atoms with Gasteiger partial charge in [0.05, 0.1) is 5.92 Å². The van der Waals surface area contributed by atoms with Gasteiger partial charge in [-0.05, 0) is 39.8 Å². The average Bonchev–Trinajstić information content (AvgIpc) is 2.47. The zero-order valence-corrected chi connectivity index (χ0v) is 13.0. The number of nitrogens with zero attached hydrogens (tertiary/aromatic N) is 2. The van der Waals surface area contributed by atoms with Crippen molar-refractivity contribution < 1.29 is 14.7 Å². The van der Waals surface area contributed by atoms with Gasteiger partial charge in [0.2, 0.25) is 0 Å². The summed E-state index contributed by atoms with van der Waals surface area (Å²) in [6, 6.07) is 3.14. The summed E-state index contributed by atoms with van der Waals surface area (Å²) in [5.74, 6) is -1.51. The van der Waals surface area contributed by atoms with Gasteiger partial charge in [0.1, 0.15) is 5.69 Å². The van der Waals surface area contributed by atoms with Crippen LogP contribution in [0.25, 0.3) is 0 Å². The molecule has 1 aromatic heterocycles. The van der Waals surface area contributed by atoms with Crippen molar-refractivity contribution in [1.82, 2.24) is 9.88 Å². The van der Waals surface area contributed by atoms with Crippen LogP contribution in [0.1, 0.15) is 38.2 Å². The van der Waals surface area contributed by atoms with Gasteiger partial charge in [0.15, 0.2) is 0 Å². The first-order chi connectivity index (χ1) is 9.90. The highest BCUT2D eigenvalue weighted by Crippen LogP contribution is 2.14. The second-order valence-corrected chi connectivity index (χ2v) is 4.97. The maximum atomic E-state index is 12.2. The van der Waals surface area contributed by atoms with Gasteiger partial charge in [0.25, 0.3) is 5.91 Å². The number of nitrogens with one attached hydrogen (secondary N) is 1. The first-order valence-corrected chi connectivity index (χ1v) is 7.15. The molecule has 0 fully saturated rings. The van der Waals surface area contributed by atoms with Crippen molar-refractivity contribution in [1.29, 1.82) is 0 Å². The van der Waals surface area contributed by atoms with Crippen molar-refractivity contribution in [2.75, 3.05) is 18.4 Å². The number of carbonyl (C=O) groups excluding carboxylic acids is 1. The SMILES string of the molecule is CCN(CC)C(=O)c1cc(NC(C)C(C)C(=O)O)ccn1. The Labute approximate surface area is 125 Å². The van der Waals surface area contributed by atoms with Crippen LogP contribution in [0.3, 0.4) is 0 Å². The Hall–Kier alpha value is -2.11. The smallest absolute Gasteiger partial charge is 0.308 e. The molecule has 2 atom stereocenters. The van der Waals surface area contributed by atoms with Gasteiger partial charge >= 0.3 is 5.97 Å². The summed E-state index contributed by atoms with van der Waals surface area (Å²) < 4.78 is 0. The number of anilines is 1. The summed E-state index contributed by atoms with van der Waals surface area (Å²) in [6.45, 7) is 8.52. The molecule has 0 aliphatic carbocycles. The van der Waals surface area contributed by atoms with E-state index in [0.29, 0.717) is 24.5 Å². The van der Waals surface area contributed by atoms with Gasteiger partial charge in [-0.15, -0.1) is 0 Å². The lowest BCUT2D eigenvalue weighted by Crippen LogP contribution is -2.32. The van der Waals surface area contributed by atoms with Crippen LogP contribution >= 0.6 is 0 Å².